The van der Waals surface area contributed by atoms with Crippen molar-refractivity contribution in [3.63, 3.8) is 0 Å². The topological polar surface area (TPSA) is 44.1 Å². The van der Waals surface area contributed by atoms with Gasteiger partial charge in [-0.05, 0) is 25.5 Å². The Labute approximate surface area is 92.4 Å². The van der Waals surface area contributed by atoms with Crippen molar-refractivity contribution in [3.05, 3.63) is 40.3 Å². The van der Waals surface area contributed by atoms with Gasteiger partial charge < -0.3 is 4.74 Å². The third-order valence-electron chi connectivity index (χ3n) is 2.51. The first kappa shape index (κ1) is 11.0. The van der Waals surface area contributed by atoms with Gasteiger partial charge in [0.2, 0.25) is 0 Å². The number of ether oxygens (including phenoxy) is 1. The van der Waals surface area contributed by atoms with Gasteiger partial charge in [0.05, 0.1) is 6.10 Å². The summed E-state index contributed by atoms with van der Waals surface area (Å²) >= 11 is 0. The molecular formula is C11H13FN2O2. The van der Waals surface area contributed by atoms with Crippen molar-refractivity contribution in [3.8, 4) is 0 Å². The zero-order valence-corrected chi connectivity index (χ0v) is 9.18. The first-order valence-electron chi connectivity index (χ1n) is 5.20. The number of aromatic nitrogens is 2. The van der Waals surface area contributed by atoms with E-state index in [1.54, 1.807) is 13.0 Å². The van der Waals surface area contributed by atoms with Crippen molar-refractivity contribution in [2.75, 3.05) is 0 Å². The monoisotopic (exact) mass is 224 g/mol. The van der Waals surface area contributed by atoms with Crippen LogP contribution >= 0.6 is 0 Å². The molecule has 2 rings (SSSR count). The molecule has 16 heavy (non-hydrogen) atoms. The van der Waals surface area contributed by atoms with Gasteiger partial charge in [-0.3, -0.25) is 4.57 Å². The lowest BCUT2D eigenvalue weighted by molar-refractivity contribution is -0.000111. The van der Waals surface area contributed by atoms with Crippen molar-refractivity contribution in [1.82, 2.24) is 9.55 Å². The molecule has 1 aliphatic rings. The van der Waals surface area contributed by atoms with Gasteiger partial charge in [0.1, 0.15) is 5.83 Å². The third kappa shape index (κ3) is 1.90. The van der Waals surface area contributed by atoms with Gasteiger partial charge in [-0.15, -0.1) is 0 Å². The number of nitrogens with zero attached hydrogens (tertiary/aromatic N) is 2. The Hall–Kier alpha value is -1.49. The molecule has 1 aromatic heterocycles. The summed E-state index contributed by atoms with van der Waals surface area (Å²) in [7, 11) is 0. The lowest BCUT2D eigenvalue weighted by atomic mass is 10.3. The fraction of sp³-hybridized carbons (Fsp3) is 0.455. The highest BCUT2D eigenvalue weighted by molar-refractivity contribution is 5.09. The second-order valence-corrected chi connectivity index (χ2v) is 3.75. The molecule has 0 spiro atoms. The number of rotatable bonds is 2. The van der Waals surface area contributed by atoms with E-state index in [2.05, 4.69) is 4.98 Å². The molecule has 5 heteroatoms. The van der Waals surface area contributed by atoms with Crippen molar-refractivity contribution < 1.29 is 9.13 Å². The van der Waals surface area contributed by atoms with E-state index in [1.165, 1.54) is 12.3 Å². The Kier molecular flexibility index (Phi) is 2.87. The summed E-state index contributed by atoms with van der Waals surface area (Å²) in [6, 6.07) is 1.65. The van der Waals surface area contributed by atoms with Crippen LogP contribution in [0.5, 0.6) is 0 Å². The van der Waals surface area contributed by atoms with Crippen LogP contribution in [0.2, 0.25) is 0 Å². The van der Waals surface area contributed by atoms with Crippen molar-refractivity contribution in [2.24, 2.45) is 0 Å². The maximum atomic E-state index is 13.5. The van der Waals surface area contributed by atoms with E-state index >= 15 is 0 Å². The number of aryl methyl sites for hydroxylation is 1. The summed E-state index contributed by atoms with van der Waals surface area (Å²) in [6.45, 7) is 3.61. The molecular weight excluding hydrogens is 211 g/mol. The van der Waals surface area contributed by atoms with Crippen LogP contribution in [0, 0.1) is 6.92 Å². The summed E-state index contributed by atoms with van der Waals surface area (Å²) in [4.78, 5) is 15.3. The van der Waals surface area contributed by atoms with Gasteiger partial charge >= 0.3 is 5.69 Å². The predicted octanol–water partition coefficient (Wildman–Crippen LogP) is 1.71. The lowest BCUT2D eigenvalue weighted by Crippen LogP contribution is -2.28. The third-order valence-corrected chi connectivity index (χ3v) is 2.51. The van der Waals surface area contributed by atoms with Crippen LogP contribution < -0.4 is 5.69 Å². The average molecular weight is 224 g/mol. The van der Waals surface area contributed by atoms with Gasteiger partial charge in [0.25, 0.3) is 0 Å². The molecule has 2 unspecified atom stereocenters. The van der Waals surface area contributed by atoms with E-state index in [0.29, 0.717) is 12.1 Å². The Bertz CT molecular complexity index is 481. The first-order valence-corrected chi connectivity index (χ1v) is 5.20. The van der Waals surface area contributed by atoms with Crippen LogP contribution in [0.4, 0.5) is 4.39 Å². The molecule has 0 bridgehead atoms. The summed E-state index contributed by atoms with van der Waals surface area (Å²) in [6.07, 6.45) is 2.36. The summed E-state index contributed by atoms with van der Waals surface area (Å²) in [5.74, 6) is -0.431. The summed E-state index contributed by atoms with van der Waals surface area (Å²) in [5.41, 5.74) is 0.112. The minimum Gasteiger partial charge on any atom is -0.344 e. The average Bonchev–Trinajstić information content (AvgIpc) is 2.60. The molecule has 1 aliphatic heterocycles. The molecule has 0 saturated heterocycles. The van der Waals surface area contributed by atoms with E-state index in [9.17, 15) is 9.18 Å². The van der Waals surface area contributed by atoms with Gasteiger partial charge in [-0.25, -0.2) is 9.18 Å². The minimum absolute atomic E-state index is 0.266. The molecule has 0 saturated carbocycles. The number of halogens is 1. The predicted molar refractivity (Wildman–Crippen MR) is 56.6 cm³/mol. The SMILES string of the molecule is CCC1C=C(F)C(n2ccc(C)nc2=O)O1. The molecule has 1 aromatic rings. The Morgan fingerprint density at radius 2 is 2.38 bits per heavy atom. The Balaban J connectivity index is 2.33. The Morgan fingerprint density at radius 1 is 1.62 bits per heavy atom. The smallest absolute Gasteiger partial charge is 0.344 e. The lowest BCUT2D eigenvalue weighted by Gasteiger charge is -2.15. The molecule has 0 amide bonds. The van der Waals surface area contributed by atoms with E-state index in [-0.39, 0.29) is 6.10 Å². The molecule has 0 N–H and O–H groups in total. The largest absolute Gasteiger partial charge is 0.350 e. The number of hydrogen-bond acceptors (Lipinski definition) is 3. The second-order valence-electron chi connectivity index (χ2n) is 3.75. The summed E-state index contributed by atoms with van der Waals surface area (Å²) in [5, 5.41) is 0. The quantitative estimate of drug-likeness (QED) is 0.768. The minimum atomic E-state index is -0.953. The second kappa shape index (κ2) is 4.17. The van der Waals surface area contributed by atoms with Gasteiger partial charge in [-0.1, -0.05) is 6.92 Å². The van der Waals surface area contributed by atoms with Gasteiger partial charge in [0.15, 0.2) is 6.23 Å². The van der Waals surface area contributed by atoms with Crippen molar-refractivity contribution >= 4 is 0 Å². The first-order chi connectivity index (χ1) is 7.61. The van der Waals surface area contributed by atoms with Gasteiger partial charge in [-0.2, -0.15) is 4.98 Å². The van der Waals surface area contributed by atoms with Crippen LogP contribution in [0.15, 0.2) is 29.0 Å². The summed E-state index contributed by atoms with van der Waals surface area (Å²) < 4.78 is 20.1. The maximum Gasteiger partial charge on any atom is 0.350 e. The van der Waals surface area contributed by atoms with E-state index < -0.39 is 17.7 Å². The zero-order valence-electron chi connectivity index (χ0n) is 9.18. The molecule has 0 aromatic carbocycles. The van der Waals surface area contributed by atoms with Crippen LogP contribution in [0.3, 0.4) is 0 Å². The van der Waals surface area contributed by atoms with Crippen LogP contribution in [0.1, 0.15) is 25.3 Å². The zero-order chi connectivity index (χ0) is 11.7. The number of hydrogen-bond donors (Lipinski definition) is 0. The van der Waals surface area contributed by atoms with Crippen LogP contribution in [0.25, 0.3) is 0 Å². The highest BCUT2D eigenvalue weighted by Gasteiger charge is 2.28. The molecule has 2 atom stereocenters. The highest BCUT2D eigenvalue weighted by Crippen LogP contribution is 2.29. The standard InChI is InChI=1S/C11H13FN2O2/c1-3-8-6-9(12)10(16-8)14-5-4-7(2)13-11(14)15/h4-6,8,10H,3H2,1-2H3. The van der Waals surface area contributed by atoms with Gasteiger partial charge in [0, 0.05) is 11.9 Å². The molecule has 86 valence electrons. The molecule has 2 heterocycles. The van der Waals surface area contributed by atoms with E-state index in [4.69, 9.17) is 4.74 Å². The fourth-order valence-electron chi connectivity index (χ4n) is 1.62. The Morgan fingerprint density at radius 3 is 2.94 bits per heavy atom. The highest BCUT2D eigenvalue weighted by atomic mass is 19.1. The van der Waals surface area contributed by atoms with Crippen LogP contribution in [-0.2, 0) is 4.74 Å². The van der Waals surface area contributed by atoms with Crippen molar-refractivity contribution in [2.45, 2.75) is 32.6 Å². The molecule has 0 radical (unpaired) electrons. The molecule has 0 fully saturated rings. The molecule has 0 aliphatic carbocycles. The van der Waals surface area contributed by atoms with E-state index in [0.717, 1.165) is 4.57 Å². The van der Waals surface area contributed by atoms with Crippen molar-refractivity contribution in [1.29, 1.82) is 0 Å². The fourth-order valence-corrected chi connectivity index (χ4v) is 1.62. The van der Waals surface area contributed by atoms with Crippen LogP contribution in [-0.4, -0.2) is 15.7 Å². The normalized spacial score (nSPS) is 24.6. The van der Waals surface area contributed by atoms with E-state index in [1.807, 2.05) is 6.92 Å². The molecule has 4 nitrogen and oxygen atoms in total. The maximum absolute atomic E-state index is 13.5.